The summed E-state index contributed by atoms with van der Waals surface area (Å²) in [4.78, 5) is 3.07. The summed E-state index contributed by atoms with van der Waals surface area (Å²) in [7, 11) is 0. The normalized spacial score (nSPS) is 12.8. The monoisotopic (exact) mass is 380 g/mol. The molecule has 1 aromatic heterocycles. The van der Waals surface area contributed by atoms with Crippen molar-refractivity contribution in [2.75, 3.05) is 0 Å². The molecule has 3 aromatic rings. The second-order valence-electron chi connectivity index (χ2n) is 5.72. The summed E-state index contributed by atoms with van der Waals surface area (Å²) in [6.07, 6.45) is 1.95. The van der Waals surface area contributed by atoms with Crippen LogP contribution in [0.1, 0.15) is 27.9 Å². The molecule has 0 atom stereocenters. The molecule has 0 unspecified atom stereocenters. The number of nitrogens with one attached hydrogen (secondary N) is 1. The number of aromatic amines is 1. The zero-order valence-corrected chi connectivity index (χ0v) is 16.9. The van der Waals surface area contributed by atoms with E-state index >= 15 is 0 Å². The van der Waals surface area contributed by atoms with E-state index in [1.807, 2.05) is 6.20 Å². The van der Waals surface area contributed by atoms with E-state index in [0.717, 1.165) is 5.54 Å². The SMILES string of the molecule is Cc1cc[nH]c1C.[Zr][SiH2]C1c2ccccc2-c2ccccc21. The molecule has 4 rings (SSSR count). The van der Waals surface area contributed by atoms with Gasteiger partial charge in [-0.05, 0) is 25.5 Å². The predicted molar refractivity (Wildman–Crippen MR) is 92.5 cm³/mol. The first-order chi connectivity index (χ1) is 10.7. The summed E-state index contributed by atoms with van der Waals surface area (Å²) in [5.74, 6) is 0. The summed E-state index contributed by atoms with van der Waals surface area (Å²) in [6.45, 7) is 4.22. The van der Waals surface area contributed by atoms with Crippen LogP contribution in [0.25, 0.3) is 11.1 Å². The van der Waals surface area contributed by atoms with Gasteiger partial charge in [-0.1, -0.05) is 0 Å². The van der Waals surface area contributed by atoms with Crippen LogP contribution in [0.5, 0.6) is 0 Å². The molecular weight excluding hydrogens is 362 g/mol. The zero-order chi connectivity index (χ0) is 15.5. The van der Waals surface area contributed by atoms with Gasteiger partial charge in [0.1, 0.15) is 0 Å². The van der Waals surface area contributed by atoms with Crippen LogP contribution < -0.4 is 0 Å². The molecule has 1 aliphatic carbocycles. The van der Waals surface area contributed by atoms with Crippen LogP contribution in [0.3, 0.4) is 0 Å². The number of H-pyrrole nitrogens is 1. The number of rotatable bonds is 1. The summed E-state index contributed by atoms with van der Waals surface area (Å²) < 4.78 is 0. The van der Waals surface area contributed by atoms with E-state index in [0.29, 0.717) is 0 Å². The Morgan fingerprint density at radius 2 is 1.41 bits per heavy atom. The molecule has 1 aliphatic rings. The van der Waals surface area contributed by atoms with E-state index in [4.69, 9.17) is 0 Å². The number of fused-ring (bicyclic) bond motifs is 3. The van der Waals surface area contributed by atoms with Gasteiger partial charge in [0.15, 0.2) is 0 Å². The molecular formula is C19H20NSiZr. The first kappa shape index (κ1) is 15.7. The van der Waals surface area contributed by atoms with Crippen molar-refractivity contribution in [1.29, 1.82) is 0 Å². The summed E-state index contributed by atoms with van der Waals surface area (Å²) in [5.41, 5.74) is 9.51. The summed E-state index contributed by atoms with van der Waals surface area (Å²) >= 11 is 1.76. The van der Waals surface area contributed by atoms with Crippen molar-refractivity contribution in [3.8, 4) is 11.1 Å². The van der Waals surface area contributed by atoms with Crippen molar-refractivity contribution < 1.29 is 23.9 Å². The van der Waals surface area contributed by atoms with Crippen LogP contribution in [-0.4, -0.2) is 11.6 Å². The molecule has 1 heterocycles. The molecule has 22 heavy (non-hydrogen) atoms. The van der Waals surface area contributed by atoms with E-state index in [9.17, 15) is 0 Å². The van der Waals surface area contributed by atoms with Crippen molar-refractivity contribution >= 4 is 6.65 Å². The second-order valence-corrected chi connectivity index (χ2v) is 9.95. The topological polar surface area (TPSA) is 15.8 Å². The van der Waals surface area contributed by atoms with Crippen LogP contribution in [0, 0.1) is 13.8 Å². The van der Waals surface area contributed by atoms with Crippen LogP contribution in [-0.2, 0) is 23.9 Å². The molecule has 1 nitrogen and oxygen atoms in total. The number of hydrogen-bond acceptors (Lipinski definition) is 0. The summed E-state index contributed by atoms with van der Waals surface area (Å²) in [6, 6.07) is 19.9. The number of hydrogen-bond donors (Lipinski definition) is 1. The van der Waals surface area contributed by atoms with Gasteiger partial charge in [0, 0.05) is 11.9 Å². The second kappa shape index (κ2) is 6.93. The predicted octanol–water partition coefficient (Wildman–Crippen LogP) is 4.02. The van der Waals surface area contributed by atoms with Gasteiger partial charge in [-0.2, -0.15) is 0 Å². The third-order valence-electron chi connectivity index (χ3n) is 4.39. The van der Waals surface area contributed by atoms with Gasteiger partial charge >= 0.3 is 107 Å². The fraction of sp³-hybridized carbons (Fsp3) is 0.158. The van der Waals surface area contributed by atoms with Gasteiger partial charge in [0.25, 0.3) is 0 Å². The van der Waals surface area contributed by atoms with Crippen LogP contribution in [0.15, 0.2) is 60.8 Å². The third-order valence-corrected chi connectivity index (χ3v) is 8.69. The van der Waals surface area contributed by atoms with Crippen molar-refractivity contribution in [1.82, 2.24) is 4.98 Å². The van der Waals surface area contributed by atoms with Gasteiger partial charge in [-0.25, -0.2) is 0 Å². The Bertz CT molecular complexity index is 716. The van der Waals surface area contributed by atoms with Gasteiger partial charge in [-0.15, -0.1) is 0 Å². The van der Waals surface area contributed by atoms with E-state index in [1.54, 1.807) is 35.0 Å². The Balaban J connectivity index is 0.000000174. The molecule has 0 saturated carbocycles. The zero-order valence-electron chi connectivity index (χ0n) is 13.1. The van der Waals surface area contributed by atoms with Crippen molar-refractivity contribution in [3.05, 3.63) is 83.2 Å². The first-order valence-electron chi connectivity index (χ1n) is 7.65. The molecule has 0 amide bonds. The fourth-order valence-corrected chi connectivity index (χ4v) is 7.41. The van der Waals surface area contributed by atoms with Crippen molar-refractivity contribution in [2.24, 2.45) is 0 Å². The number of aryl methyl sites for hydroxylation is 2. The average Bonchev–Trinajstić information content (AvgIpc) is 3.09. The maximum atomic E-state index is 3.07. The first-order valence-corrected chi connectivity index (χ1v) is 14.4. The fourth-order valence-electron chi connectivity index (χ4n) is 3.01. The molecule has 1 N–H and O–H groups in total. The van der Waals surface area contributed by atoms with Crippen LogP contribution >= 0.6 is 0 Å². The molecule has 0 fully saturated rings. The van der Waals surface area contributed by atoms with Crippen LogP contribution in [0.2, 0.25) is 0 Å². The van der Waals surface area contributed by atoms with E-state index in [-0.39, 0.29) is 6.65 Å². The Kier molecular flexibility index (Phi) is 4.95. The molecule has 0 spiro atoms. The molecule has 0 saturated heterocycles. The average molecular weight is 382 g/mol. The van der Waals surface area contributed by atoms with E-state index in [2.05, 4.69) is 73.4 Å². The molecule has 0 bridgehead atoms. The number of aromatic nitrogens is 1. The molecule has 2 aromatic carbocycles. The molecule has 3 heteroatoms. The van der Waals surface area contributed by atoms with Gasteiger partial charge in [-0.3, -0.25) is 0 Å². The van der Waals surface area contributed by atoms with E-state index < -0.39 is 0 Å². The summed E-state index contributed by atoms with van der Waals surface area (Å²) in [5, 5.41) is 0. The van der Waals surface area contributed by atoms with Crippen molar-refractivity contribution in [3.63, 3.8) is 0 Å². The van der Waals surface area contributed by atoms with Gasteiger partial charge in [0.05, 0.1) is 0 Å². The minimum atomic E-state index is 0.0631. The van der Waals surface area contributed by atoms with E-state index in [1.165, 1.54) is 22.4 Å². The Morgan fingerprint density at radius 1 is 0.864 bits per heavy atom. The molecule has 0 aliphatic heterocycles. The Hall–Kier alpha value is -1.18. The maximum absolute atomic E-state index is 3.07. The van der Waals surface area contributed by atoms with Crippen molar-refractivity contribution in [2.45, 2.75) is 19.4 Å². The third kappa shape index (κ3) is 2.98. The number of benzene rings is 2. The molecule has 109 valence electrons. The van der Waals surface area contributed by atoms with Crippen LogP contribution in [0.4, 0.5) is 0 Å². The minimum absolute atomic E-state index is 0.0631. The standard InChI is InChI=1S/C13H11Si.C6H9N.Zr/c14-13-11-7-3-1-5-9(11)10-6-2-4-8-12(10)13;1-5-3-4-7-6(5)2;/h1-8,13H,14H2;3-4,7H,1-2H3;. The van der Waals surface area contributed by atoms with Gasteiger partial charge < -0.3 is 4.98 Å². The van der Waals surface area contributed by atoms with Gasteiger partial charge in [0.2, 0.25) is 0 Å². The quantitative estimate of drug-likeness (QED) is 0.613. The Morgan fingerprint density at radius 3 is 1.77 bits per heavy atom. The Labute approximate surface area is 148 Å². The molecule has 0 radical (unpaired) electrons.